The van der Waals surface area contributed by atoms with Gasteiger partial charge in [0.15, 0.2) is 0 Å². The van der Waals surface area contributed by atoms with Gasteiger partial charge in [-0.05, 0) is 45.4 Å². The van der Waals surface area contributed by atoms with Crippen molar-refractivity contribution in [1.29, 1.82) is 0 Å². The highest BCUT2D eigenvalue weighted by atomic mass is 32.1. The van der Waals surface area contributed by atoms with Gasteiger partial charge in [-0.1, -0.05) is 23.8 Å². The summed E-state index contributed by atoms with van der Waals surface area (Å²) in [6, 6.07) is 0. The van der Waals surface area contributed by atoms with E-state index < -0.39 is 0 Å². The average molecular weight is 196 g/mol. The molecule has 0 fully saturated rings. The molecular weight excluding hydrogens is 176 g/mol. The van der Waals surface area contributed by atoms with E-state index in [4.69, 9.17) is 0 Å². The minimum absolute atomic E-state index is 0.738. The molecule has 0 aromatic carbocycles. The van der Waals surface area contributed by atoms with Crippen molar-refractivity contribution >= 4 is 11.2 Å². The van der Waals surface area contributed by atoms with Crippen LogP contribution in [0.15, 0.2) is 11.6 Å². The Hall–Kier alpha value is -0.260. The first-order valence-electron chi connectivity index (χ1n) is 5.24. The van der Waals surface area contributed by atoms with E-state index in [0.717, 1.165) is 11.2 Å². The Kier molecular flexibility index (Phi) is 4.55. The second kappa shape index (κ2) is 5.47. The van der Waals surface area contributed by atoms with Crippen LogP contribution < -0.4 is 0 Å². The van der Waals surface area contributed by atoms with E-state index in [1.54, 1.807) is 5.57 Å². The normalized spacial score (nSPS) is 23.6. The highest BCUT2D eigenvalue weighted by Crippen LogP contribution is 2.27. The number of allylic oxidation sites excluding steroid dienone is 2. The molecule has 0 radical (unpaired) electrons. The molecule has 2 atom stereocenters. The van der Waals surface area contributed by atoms with Gasteiger partial charge in [0, 0.05) is 5.25 Å². The van der Waals surface area contributed by atoms with Crippen molar-refractivity contribution in [2.24, 2.45) is 5.92 Å². The predicted octanol–water partition coefficient (Wildman–Crippen LogP) is 4.22. The maximum absolute atomic E-state index is 3.15. The number of hydrogen-bond acceptors (Lipinski definition) is 0. The minimum Gasteiger partial charge on any atom is -0.132 e. The van der Waals surface area contributed by atoms with E-state index in [-0.39, 0.29) is 0 Å². The molecule has 1 rings (SSSR count). The van der Waals surface area contributed by atoms with Crippen LogP contribution >= 0.6 is 11.2 Å². The Morgan fingerprint density at radius 3 is 3.00 bits per heavy atom. The van der Waals surface area contributed by atoms with Gasteiger partial charge in [-0.15, -0.1) is 11.2 Å². The summed E-state index contributed by atoms with van der Waals surface area (Å²) < 4.78 is 0. The smallest absolute Gasteiger partial charge is 0.0265 e. The van der Waals surface area contributed by atoms with E-state index >= 15 is 0 Å². The fourth-order valence-corrected chi connectivity index (χ4v) is 2.48. The maximum atomic E-state index is 3.15. The molecule has 0 saturated heterocycles. The van der Waals surface area contributed by atoms with Gasteiger partial charge in [0.05, 0.1) is 0 Å². The van der Waals surface area contributed by atoms with Gasteiger partial charge in [0.1, 0.15) is 0 Å². The molecule has 1 heteroatoms. The lowest BCUT2D eigenvalue weighted by Crippen LogP contribution is -1.92. The summed E-state index contributed by atoms with van der Waals surface area (Å²) in [7, 11) is 0. The summed E-state index contributed by atoms with van der Waals surface area (Å²) in [4.78, 5) is 0. The zero-order valence-electron chi connectivity index (χ0n) is 8.97. The van der Waals surface area contributed by atoms with Crippen molar-refractivity contribution in [1.82, 2.24) is 0 Å². The van der Waals surface area contributed by atoms with Crippen LogP contribution in [0, 0.1) is 11.1 Å². The third kappa shape index (κ3) is 3.97. The topological polar surface area (TPSA) is 0 Å². The molecular formula is C12H20S. The summed E-state index contributed by atoms with van der Waals surface area (Å²) in [5.74, 6) is 0.835. The molecule has 0 amide bonds. The van der Waals surface area contributed by atoms with Crippen LogP contribution in [0.5, 0.6) is 0 Å². The summed E-state index contributed by atoms with van der Waals surface area (Å²) in [5, 5.41) is 3.89. The van der Waals surface area contributed by atoms with Crippen molar-refractivity contribution in [3.63, 3.8) is 0 Å². The fourth-order valence-electron chi connectivity index (χ4n) is 1.84. The highest BCUT2D eigenvalue weighted by Gasteiger charge is 2.11. The van der Waals surface area contributed by atoms with Gasteiger partial charge in [-0.25, -0.2) is 0 Å². The molecule has 0 aliphatic heterocycles. The second-order valence-corrected chi connectivity index (χ2v) is 5.46. The molecule has 0 aromatic rings. The first kappa shape index (κ1) is 10.8. The van der Waals surface area contributed by atoms with Crippen molar-refractivity contribution in [2.45, 2.75) is 51.7 Å². The first-order valence-corrected chi connectivity index (χ1v) is 6.12. The standard InChI is InChI=1S/C12H20S/c1-4-13-11(3)6-8-12-7-5-10(2)9-12/h9-11H,5-8H2,1-3H3. The summed E-state index contributed by atoms with van der Waals surface area (Å²) in [6.45, 7) is 6.61. The summed E-state index contributed by atoms with van der Waals surface area (Å²) in [5.41, 5.74) is 1.69. The van der Waals surface area contributed by atoms with E-state index in [9.17, 15) is 0 Å². The SMILES string of the molecule is CC#SC(C)CCC1=CC(C)CC1. The summed E-state index contributed by atoms with van der Waals surface area (Å²) >= 11 is 1.84. The van der Waals surface area contributed by atoms with Gasteiger partial charge < -0.3 is 0 Å². The molecule has 0 heterocycles. The molecule has 1 aliphatic rings. The van der Waals surface area contributed by atoms with Gasteiger partial charge in [-0.3, -0.25) is 0 Å². The molecule has 0 spiro atoms. The largest absolute Gasteiger partial charge is 0.132 e. The lowest BCUT2D eigenvalue weighted by Gasteiger charge is -2.03. The van der Waals surface area contributed by atoms with Crippen LogP contribution in [0.4, 0.5) is 0 Å². The Morgan fingerprint density at radius 1 is 1.69 bits per heavy atom. The average Bonchev–Trinajstić information content (AvgIpc) is 2.49. The second-order valence-electron chi connectivity index (χ2n) is 4.01. The molecule has 2 unspecified atom stereocenters. The molecule has 0 N–H and O–H groups in total. The molecule has 0 saturated carbocycles. The van der Waals surface area contributed by atoms with E-state index in [0.29, 0.717) is 0 Å². The van der Waals surface area contributed by atoms with Crippen molar-refractivity contribution in [3.05, 3.63) is 11.6 Å². The monoisotopic (exact) mass is 196 g/mol. The van der Waals surface area contributed by atoms with Crippen LogP contribution in [0.25, 0.3) is 0 Å². The van der Waals surface area contributed by atoms with Crippen LogP contribution in [0.2, 0.25) is 0 Å². The molecule has 0 bridgehead atoms. The van der Waals surface area contributed by atoms with Gasteiger partial charge in [0.2, 0.25) is 0 Å². The maximum Gasteiger partial charge on any atom is 0.0265 e. The zero-order chi connectivity index (χ0) is 9.68. The summed E-state index contributed by atoms with van der Waals surface area (Å²) in [6.07, 6.45) is 7.81. The fraction of sp³-hybridized carbons (Fsp3) is 0.750. The Balaban J connectivity index is 2.25. The third-order valence-electron chi connectivity index (χ3n) is 2.63. The lowest BCUT2D eigenvalue weighted by atomic mass is 10.1. The van der Waals surface area contributed by atoms with E-state index in [1.807, 2.05) is 18.1 Å². The number of hydrogen-bond donors (Lipinski definition) is 0. The van der Waals surface area contributed by atoms with Crippen molar-refractivity contribution in [3.8, 4) is 5.18 Å². The van der Waals surface area contributed by atoms with Crippen LogP contribution in [0.1, 0.15) is 46.5 Å². The highest BCUT2D eigenvalue weighted by molar-refractivity contribution is 7.89. The molecule has 13 heavy (non-hydrogen) atoms. The Morgan fingerprint density at radius 2 is 2.46 bits per heavy atom. The number of rotatable bonds is 3. The van der Waals surface area contributed by atoms with Crippen LogP contribution in [-0.2, 0) is 0 Å². The molecule has 0 aromatic heterocycles. The van der Waals surface area contributed by atoms with Gasteiger partial charge in [-0.2, -0.15) is 0 Å². The first-order chi connectivity index (χ1) is 6.22. The van der Waals surface area contributed by atoms with Crippen molar-refractivity contribution < 1.29 is 0 Å². The molecule has 74 valence electrons. The van der Waals surface area contributed by atoms with Gasteiger partial charge in [0.25, 0.3) is 0 Å². The quantitative estimate of drug-likeness (QED) is 0.593. The molecule has 0 nitrogen and oxygen atoms in total. The lowest BCUT2D eigenvalue weighted by molar-refractivity contribution is 0.689. The van der Waals surface area contributed by atoms with Gasteiger partial charge >= 0.3 is 0 Å². The predicted molar refractivity (Wildman–Crippen MR) is 62.3 cm³/mol. The minimum atomic E-state index is 0.738. The Bertz CT molecular complexity index is 242. The Labute approximate surface area is 86.0 Å². The van der Waals surface area contributed by atoms with Crippen LogP contribution in [0.3, 0.4) is 0 Å². The van der Waals surface area contributed by atoms with E-state index in [2.05, 4.69) is 25.1 Å². The zero-order valence-corrected chi connectivity index (χ0v) is 9.79. The van der Waals surface area contributed by atoms with Crippen LogP contribution in [-0.4, -0.2) is 5.25 Å². The third-order valence-corrected chi connectivity index (χ3v) is 3.51. The van der Waals surface area contributed by atoms with E-state index in [1.165, 1.54) is 25.7 Å². The molecule has 1 aliphatic carbocycles. The van der Waals surface area contributed by atoms with Crippen molar-refractivity contribution in [2.75, 3.05) is 0 Å².